The Kier molecular flexibility index (Phi) is 11.3. The Labute approximate surface area is 200 Å². The molecule has 1 amide bonds. The van der Waals surface area contributed by atoms with E-state index in [9.17, 15) is 34.8 Å². The molecule has 1 fully saturated rings. The van der Waals surface area contributed by atoms with Gasteiger partial charge in [0.1, 0.15) is 30.7 Å². The molecule has 1 aliphatic rings. The number of nitrogens with two attached hydrogens (primary N) is 1. The van der Waals surface area contributed by atoms with Crippen molar-refractivity contribution in [3.63, 3.8) is 0 Å². The maximum atomic E-state index is 12.8. The highest BCUT2D eigenvalue weighted by atomic mass is 16.7. The van der Waals surface area contributed by atoms with Gasteiger partial charge in [-0.05, 0) is 17.7 Å². The van der Waals surface area contributed by atoms with E-state index in [-0.39, 0.29) is 44.4 Å². The van der Waals surface area contributed by atoms with Crippen LogP contribution in [0.15, 0.2) is 18.2 Å². The third kappa shape index (κ3) is 8.40. The van der Waals surface area contributed by atoms with Gasteiger partial charge in [0.25, 0.3) is 5.91 Å². The molecule has 1 heterocycles. The molecule has 14 nitrogen and oxygen atoms in total. The van der Waals surface area contributed by atoms with Crippen LogP contribution in [0.2, 0.25) is 0 Å². The molecule has 1 saturated heterocycles. The zero-order valence-electron chi connectivity index (χ0n) is 19.0. The van der Waals surface area contributed by atoms with E-state index in [1.54, 1.807) is 0 Å². The van der Waals surface area contributed by atoms with Gasteiger partial charge in [-0.3, -0.25) is 9.59 Å². The first-order chi connectivity index (χ1) is 16.6. The molecule has 0 bridgehead atoms. The van der Waals surface area contributed by atoms with Crippen molar-refractivity contribution < 1.29 is 58.5 Å². The largest absolute Gasteiger partial charge is 0.479 e. The maximum absolute atomic E-state index is 12.8. The second-order valence-corrected chi connectivity index (χ2v) is 7.41. The van der Waals surface area contributed by atoms with E-state index in [1.807, 2.05) is 0 Å². The van der Waals surface area contributed by atoms with E-state index in [4.69, 9.17) is 29.4 Å². The number of aliphatic hydroxyl groups is 3. The van der Waals surface area contributed by atoms with Crippen LogP contribution < -0.4 is 15.8 Å². The third-order valence-corrected chi connectivity index (χ3v) is 4.81. The molecule has 2 rings (SSSR count). The van der Waals surface area contributed by atoms with Crippen molar-refractivity contribution in [2.75, 3.05) is 33.1 Å². The molecule has 1 aromatic rings. The number of aliphatic carboxylic acids is 1. The first-order valence-electron chi connectivity index (χ1n) is 10.6. The summed E-state index contributed by atoms with van der Waals surface area (Å²) >= 11 is 0. The van der Waals surface area contributed by atoms with Gasteiger partial charge in [0.05, 0.1) is 32.1 Å². The number of nitrogens with one attached hydrogen (secondary N) is 1. The zero-order valence-corrected chi connectivity index (χ0v) is 19.0. The van der Waals surface area contributed by atoms with E-state index in [1.165, 1.54) is 25.1 Å². The number of carbonyl (C=O) groups is 3. The molecule has 7 N–H and O–H groups in total. The topological polar surface area (TPSA) is 216 Å². The number of hydrogen-bond donors (Lipinski definition) is 6. The summed E-state index contributed by atoms with van der Waals surface area (Å²) in [5.41, 5.74) is 5.59. The Hall–Kier alpha value is -2.85. The Balaban J connectivity index is 2.15. The molecule has 14 heteroatoms. The summed E-state index contributed by atoms with van der Waals surface area (Å²) in [7, 11) is 0. The number of benzene rings is 1. The van der Waals surface area contributed by atoms with Gasteiger partial charge in [0.2, 0.25) is 6.29 Å². The number of hydrogen-bond acceptors (Lipinski definition) is 12. The number of rotatable bonds is 13. The summed E-state index contributed by atoms with van der Waals surface area (Å²) < 4.78 is 25.8. The minimum Gasteiger partial charge on any atom is -0.479 e. The van der Waals surface area contributed by atoms with E-state index in [0.29, 0.717) is 12.2 Å². The highest BCUT2D eigenvalue weighted by Crippen LogP contribution is 2.28. The van der Waals surface area contributed by atoms with Gasteiger partial charge in [-0.15, -0.1) is 0 Å². The molecule has 0 aliphatic carbocycles. The molecule has 0 unspecified atom stereocenters. The van der Waals surface area contributed by atoms with Crippen LogP contribution in [0.4, 0.5) is 0 Å². The SMILES string of the molecule is CC(=O)OCc1ccc(O[C@@H]2O[C@H](C(=O)O)[C@@H](O)[C@H](O)[C@H]2O)c(C(=O)NCCOCCOCN)c1. The van der Waals surface area contributed by atoms with Gasteiger partial charge in [0, 0.05) is 13.5 Å². The molecule has 196 valence electrons. The summed E-state index contributed by atoms with van der Waals surface area (Å²) in [5, 5.41) is 41.9. The minimum absolute atomic E-state index is 0.0515. The second-order valence-electron chi connectivity index (χ2n) is 7.41. The van der Waals surface area contributed by atoms with Crippen LogP contribution in [-0.2, 0) is 35.1 Å². The van der Waals surface area contributed by atoms with Gasteiger partial charge >= 0.3 is 11.9 Å². The summed E-state index contributed by atoms with van der Waals surface area (Å²) in [6.07, 6.45) is -9.19. The van der Waals surface area contributed by atoms with Crippen LogP contribution in [0.3, 0.4) is 0 Å². The predicted octanol–water partition coefficient (Wildman–Crippen LogP) is -2.30. The molecule has 0 saturated carbocycles. The number of carboxylic acids is 1. The van der Waals surface area contributed by atoms with Crippen molar-refractivity contribution in [3.05, 3.63) is 29.3 Å². The molecule has 5 atom stereocenters. The molecule has 0 aromatic heterocycles. The molecule has 1 aliphatic heterocycles. The lowest BCUT2D eigenvalue weighted by Gasteiger charge is -2.38. The third-order valence-electron chi connectivity index (χ3n) is 4.81. The Bertz CT molecular complexity index is 867. The van der Waals surface area contributed by atoms with Gasteiger partial charge in [-0.25, -0.2) is 4.79 Å². The van der Waals surface area contributed by atoms with Crippen molar-refractivity contribution in [1.82, 2.24) is 5.32 Å². The number of carbonyl (C=O) groups excluding carboxylic acids is 2. The van der Waals surface area contributed by atoms with Crippen molar-refractivity contribution in [3.8, 4) is 5.75 Å². The molecular formula is C21H30N2O12. The van der Waals surface area contributed by atoms with Gasteiger partial charge in [-0.1, -0.05) is 6.07 Å². The number of carboxylic acid groups (broad SMARTS) is 1. The normalized spacial score (nSPS) is 24.0. The van der Waals surface area contributed by atoms with E-state index in [2.05, 4.69) is 5.32 Å². The highest BCUT2D eigenvalue weighted by Gasteiger charge is 2.48. The van der Waals surface area contributed by atoms with Crippen LogP contribution in [0.1, 0.15) is 22.8 Å². The summed E-state index contributed by atoms with van der Waals surface area (Å²) in [6.45, 7) is 2.01. The predicted molar refractivity (Wildman–Crippen MR) is 115 cm³/mol. The lowest BCUT2D eigenvalue weighted by atomic mass is 9.99. The number of aliphatic hydroxyl groups excluding tert-OH is 3. The Morgan fingerprint density at radius 1 is 1.06 bits per heavy atom. The van der Waals surface area contributed by atoms with Gasteiger partial charge in [0.15, 0.2) is 6.10 Å². The fourth-order valence-electron chi connectivity index (χ4n) is 3.04. The lowest BCUT2D eigenvalue weighted by Crippen LogP contribution is -2.61. The van der Waals surface area contributed by atoms with Gasteiger partial charge < -0.3 is 55.2 Å². The fraction of sp³-hybridized carbons (Fsp3) is 0.571. The fourth-order valence-corrected chi connectivity index (χ4v) is 3.04. The van der Waals surface area contributed by atoms with Crippen LogP contribution in [0, 0.1) is 0 Å². The summed E-state index contributed by atoms with van der Waals surface area (Å²) in [4.78, 5) is 35.3. The first kappa shape index (κ1) is 28.4. The van der Waals surface area contributed by atoms with Crippen molar-refractivity contribution in [2.45, 2.75) is 44.2 Å². The van der Waals surface area contributed by atoms with Crippen molar-refractivity contribution in [1.29, 1.82) is 0 Å². The van der Waals surface area contributed by atoms with Crippen LogP contribution in [0.25, 0.3) is 0 Å². The second kappa shape index (κ2) is 13.9. The minimum atomic E-state index is -1.90. The van der Waals surface area contributed by atoms with Crippen molar-refractivity contribution >= 4 is 17.8 Å². The Morgan fingerprint density at radius 3 is 2.43 bits per heavy atom. The number of amides is 1. The smallest absolute Gasteiger partial charge is 0.335 e. The van der Waals surface area contributed by atoms with E-state index >= 15 is 0 Å². The summed E-state index contributed by atoms with van der Waals surface area (Å²) in [5.74, 6) is -2.85. The quantitative estimate of drug-likeness (QED) is 0.0951. The Morgan fingerprint density at radius 2 is 1.77 bits per heavy atom. The van der Waals surface area contributed by atoms with Gasteiger partial charge in [-0.2, -0.15) is 0 Å². The monoisotopic (exact) mass is 502 g/mol. The van der Waals surface area contributed by atoms with Crippen LogP contribution in [-0.4, -0.2) is 102 Å². The van der Waals surface area contributed by atoms with Crippen molar-refractivity contribution in [2.24, 2.45) is 5.73 Å². The van der Waals surface area contributed by atoms with E-state index in [0.717, 1.165) is 0 Å². The highest BCUT2D eigenvalue weighted by molar-refractivity contribution is 5.97. The molecule has 35 heavy (non-hydrogen) atoms. The number of esters is 1. The maximum Gasteiger partial charge on any atom is 0.335 e. The molecular weight excluding hydrogens is 472 g/mol. The average molecular weight is 502 g/mol. The molecule has 0 spiro atoms. The van der Waals surface area contributed by atoms with Crippen LogP contribution in [0.5, 0.6) is 5.75 Å². The average Bonchev–Trinajstić information content (AvgIpc) is 2.82. The summed E-state index contributed by atoms with van der Waals surface area (Å²) in [6, 6.07) is 4.18. The zero-order chi connectivity index (χ0) is 26.0. The van der Waals surface area contributed by atoms with E-state index < -0.39 is 48.6 Å². The first-order valence-corrected chi connectivity index (χ1v) is 10.6. The lowest BCUT2D eigenvalue weighted by molar-refractivity contribution is -0.271. The van der Waals surface area contributed by atoms with Crippen LogP contribution >= 0.6 is 0 Å². The standard InChI is InChI=1S/C21H30N2O12/c1-11(24)33-9-12-2-3-14(13(8-12)19(28)23-4-5-31-6-7-32-10-22)34-21-17(27)15(25)16(26)18(35-21)20(29)30/h2-3,8,15-18,21,25-27H,4-7,9-10,22H2,1H3,(H,23,28)(H,29,30)/t15-,16-,17+,18-,21+/m0/s1. The number of ether oxygens (including phenoxy) is 5. The molecule has 0 radical (unpaired) electrons. The molecule has 1 aromatic carbocycles.